The Kier molecular flexibility index (Phi) is 7.67. The minimum atomic E-state index is 0.927. The predicted octanol–water partition coefficient (Wildman–Crippen LogP) is 12.3. The largest absolute Gasteiger partial charge is 0.310 e. The second-order valence-corrected chi connectivity index (χ2v) is 11.8. The molecule has 0 aromatic heterocycles. The van der Waals surface area contributed by atoms with E-state index in [1.165, 1.54) is 38.7 Å². The van der Waals surface area contributed by atoms with Crippen molar-refractivity contribution in [1.82, 2.24) is 0 Å². The number of hydrogen-bond donors (Lipinski definition) is 0. The summed E-state index contributed by atoms with van der Waals surface area (Å²) in [5, 5.41) is 2.45. The molecule has 0 N–H and O–H groups in total. The molecule has 0 saturated carbocycles. The molecular formula is C45H34N2. The third-order valence-electron chi connectivity index (χ3n) is 8.88. The molecule has 224 valence electrons. The molecule has 0 bridgehead atoms. The molecule has 0 saturated heterocycles. The second-order valence-electron chi connectivity index (χ2n) is 11.8. The maximum atomic E-state index is 2.36. The van der Waals surface area contributed by atoms with Gasteiger partial charge < -0.3 is 9.80 Å². The molecule has 47 heavy (non-hydrogen) atoms. The fraction of sp³-hybridized carbons (Fsp3) is 0.0222. The number of rotatable bonds is 7. The minimum Gasteiger partial charge on any atom is -0.310 e. The zero-order valence-corrected chi connectivity index (χ0v) is 26.1. The Balaban J connectivity index is 1.15. The summed E-state index contributed by atoms with van der Waals surface area (Å²) in [6.45, 7) is 0. The average molecular weight is 603 g/mol. The monoisotopic (exact) mass is 602 g/mol. The van der Waals surface area contributed by atoms with E-state index in [4.69, 9.17) is 0 Å². The van der Waals surface area contributed by atoms with Gasteiger partial charge in [0.05, 0.1) is 11.4 Å². The third kappa shape index (κ3) is 5.62. The fourth-order valence-corrected chi connectivity index (χ4v) is 6.60. The van der Waals surface area contributed by atoms with Gasteiger partial charge in [-0.1, -0.05) is 133 Å². The van der Waals surface area contributed by atoms with Crippen LogP contribution < -0.4 is 9.80 Å². The minimum absolute atomic E-state index is 0.927. The van der Waals surface area contributed by atoms with E-state index in [0.29, 0.717) is 0 Å². The summed E-state index contributed by atoms with van der Waals surface area (Å²) in [6.07, 6.45) is 7.58. The van der Waals surface area contributed by atoms with Gasteiger partial charge in [0.25, 0.3) is 0 Å². The van der Waals surface area contributed by atoms with Gasteiger partial charge in [-0.05, 0) is 89.2 Å². The van der Waals surface area contributed by atoms with E-state index < -0.39 is 0 Å². The van der Waals surface area contributed by atoms with Gasteiger partial charge >= 0.3 is 0 Å². The predicted molar refractivity (Wildman–Crippen MR) is 200 cm³/mol. The van der Waals surface area contributed by atoms with Crippen molar-refractivity contribution in [3.63, 3.8) is 0 Å². The Morgan fingerprint density at radius 2 is 0.936 bits per heavy atom. The zero-order chi connectivity index (χ0) is 31.4. The molecule has 0 heterocycles. The van der Waals surface area contributed by atoms with Crippen molar-refractivity contribution in [3.05, 3.63) is 205 Å². The van der Waals surface area contributed by atoms with Gasteiger partial charge in [-0.2, -0.15) is 0 Å². The van der Waals surface area contributed by atoms with Crippen LogP contribution in [0.1, 0.15) is 11.1 Å². The zero-order valence-electron chi connectivity index (χ0n) is 26.1. The summed E-state index contributed by atoms with van der Waals surface area (Å²) in [5.41, 5.74) is 11.8. The summed E-state index contributed by atoms with van der Waals surface area (Å²) >= 11 is 0. The Hall–Kier alpha value is -6.12. The van der Waals surface area contributed by atoms with Gasteiger partial charge in [0.15, 0.2) is 0 Å². The molecule has 1 aliphatic carbocycles. The Bertz CT molecular complexity index is 2190. The second kappa shape index (κ2) is 12.7. The van der Waals surface area contributed by atoms with Gasteiger partial charge in [-0.25, -0.2) is 0 Å². The van der Waals surface area contributed by atoms with E-state index in [-0.39, 0.29) is 0 Å². The number of allylic oxidation sites excluding steroid dienone is 3. The van der Waals surface area contributed by atoms with E-state index in [0.717, 1.165) is 34.9 Å². The summed E-state index contributed by atoms with van der Waals surface area (Å²) in [5.74, 6) is 0. The van der Waals surface area contributed by atoms with Crippen molar-refractivity contribution in [1.29, 1.82) is 0 Å². The lowest BCUT2D eigenvalue weighted by atomic mass is 10.0. The van der Waals surface area contributed by atoms with Crippen LogP contribution in [0.15, 0.2) is 194 Å². The molecule has 2 nitrogen and oxygen atoms in total. The van der Waals surface area contributed by atoms with Crippen LogP contribution >= 0.6 is 0 Å². The third-order valence-corrected chi connectivity index (χ3v) is 8.88. The van der Waals surface area contributed by atoms with Crippen molar-refractivity contribution < 1.29 is 0 Å². The normalized spacial score (nSPS) is 12.2. The molecule has 0 amide bonds. The standard InChI is InChI=1S/C45H34N2/c1-3-18-38(19-4-1)46(44-24-12-9-16-36-14-7-10-22-42(36)44)40-30-26-34(27-31-40)35-28-32-41(33-29-35)47(39-20-5-2-6-21-39)45-25-13-17-37-15-8-11-23-43(37)45/h1-15,17-33H,16H2. The highest BCUT2D eigenvalue weighted by Crippen LogP contribution is 2.41. The Morgan fingerprint density at radius 1 is 0.404 bits per heavy atom. The summed E-state index contributed by atoms with van der Waals surface area (Å²) in [6, 6.07) is 63.0. The Morgan fingerprint density at radius 3 is 1.64 bits per heavy atom. The molecule has 1 aliphatic rings. The van der Waals surface area contributed by atoms with Crippen molar-refractivity contribution >= 4 is 44.9 Å². The molecule has 2 heteroatoms. The van der Waals surface area contributed by atoms with Crippen LogP contribution in [0.4, 0.5) is 28.4 Å². The molecule has 0 spiro atoms. The van der Waals surface area contributed by atoms with Crippen molar-refractivity contribution in [2.75, 3.05) is 9.80 Å². The molecule has 0 aliphatic heterocycles. The summed E-state index contributed by atoms with van der Waals surface area (Å²) < 4.78 is 0. The van der Waals surface area contributed by atoms with Gasteiger partial charge in [0.2, 0.25) is 0 Å². The van der Waals surface area contributed by atoms with Gasteiger partial charge in [0, 0.05) is 33.7 Å². The maximum absolute atomic E-state index is 2.36. The lowest BCUT2D eigenvalue weighted by Crippen LogP contribution is -2.16. The number of benzene rings is 7. The number of para-hydroxylation sites is 2. The molecule has 7 aromatic carbocycles. The van der Waals surface area contributed by atoms with E-state index in [1.54, 1.807) is 0 Å². The van der Waals surface area contributed by atoms with E-state index in [1.807, 2.05) is 0 Å². The van der Waals surface area contributed by atoms with Gasteiger partial charge in [0.1, 0.15) is 0 Å². The van der Waals surface area contributed by atoms with Crippen LogP contribution in [0.2, 0.25) is 0 Å². The van der Waals surface area contributed by atoms with Crippen molar-refractivity contribution in [2.24, 2.45) is 0 Å². The molecule has 0 radical (unpaired) electrons. The first-order valence-corrected chi connectivity index (χ1v) is 16.2. The van der Waals surface area contributed by atoms with E-state index >= 15 is 0 Å². The van der Waals surface area contributed by atoms with Crippen molar-refractivity contribution in [2.45, 2.75) is 6.42 Å². The lowest BCUT2D eigenvalue weighted by Gasteiger charge is -2.29. The number of anilines is 5. The van der Waals surface area contributed by atoms with Gasteiger partial charge in [-0.3, -0.25) is 0 Å². The smallest absolute Gasteiger partial charge is 0.0540 e. The van der Waals surface area contributed by atoms with E-state index in [2.05, 4.69) is 204 Å². The quantitative estimate of drug-likeness (QED) is 0.179. The highest BCUT2D eigenvalue weighted by Gasteiger charge is 2.20. The first-order valence-electron chi connectivity index (χ1n) is 16.2. The SMILES string of the molecule is C1=CCc2ccccc2C(N(c2ccccc2)c2ccc(-c3ccc(N(c4ccccc4)c4cccc5ccccc45)cc3)cc2)=C1. The van der Waals surface area contributed by atoms with Gasteiger partial charge in [-0.15, -0.1) is 0 Å². The average Bonchev–Trinajstić information content (AvgIpc) is 3.36. The molecule has 8 rings (SSSR count). The summed E-state index contributed by atoms with van der Waals surface area (Å²) in [7, 11) is 0. The fourth-order valence-electron chi connectivity index (χ4n) is 6.60. The molecular weight excluding hydrogens is 569 g/mol. The lowest BCUT2D eigenvalue weighted by molar-refractivity contribution is 1.23. The molecule has 0 fully saturated rings. The van der Waals surface area contributed by atoms with Crippen LogP contribution in [0, 0.1) is 0 Å². The molecule has 7 aromatic rings. The maximum Gasteiger partial charge on any atom is 0.0540 e. The first-order chi connectivity index (χ1) is 23.3. The van der Waals surface area contributed by atoms with Crippen LogP contribution in [-0.2, 0) is 6.42 Å². The highest BCUT2D eigenvalue weighted by molar-refractivity contribution is 5.99. The van der Waals surface area contributed by atoms with Crippen LogP contribution in [0.5, 0.6) is 0 Å². The Labute approximate surface area is 276 Å². The first kappa shape index (κ1) is 28.4. The molecule has 0 unspecified atom stereocenters. The van der Waals surface area contributed by atoms with E-state index in [9.17, 15) is 0 Å². The van der Waals surface area contributed by atoms with Crippen LogP contribution in [-0.4, -0.2) is 0 Å². The molecule has 0 atom stereocenters. The van der Waals surface area contributed by atoms with Crippen molar-refractivity contribution in [3.8, 4) is 11.1 Å². The number of fused-ring (bicyclic) bond motifs is 2. The van der Waals surface area contributed by atoms with Crippen LogP contribution in [0.3, 0.4) is 0 Å². The number of nitrogens with zero attached hydrogens (tertiary/aromatic N) is 2. The summed E-state index contributed by atoms with van der Waals surface area (Å²) in [4.78, 5) is 4.71. The highest BCUT2D eigenvalue weighted by atomic mass is 15.2. The van der Waals surface area contributed by atoms with Crippen LogP contribution in [0.25, 0.3) is 27.6 Å². The topological polar surface area (TPSA) is 6.48 Å². The number of hydrogen-bond acceptors (Lipinski definition) is 2.